The molecule has 0 saturated heterocycles. The van der Waals surface area contributed by atoms with E-state index in [1.165, 1.54) is 0 Å². The van der Waals surface area contributed by atoms with Gasteiger partial charge >= 0.3 is 5.97 Å². The fourth-order valence-electron chi connectivity index (χ4n) is 2.43. The number of para-hydroxylation sites is 1. The molecular formula is C20H23NO3S. The number of hydrogen-bond acceptors (Lipinski definition) is 4. The highest BCUT2D eigenvalue weighted by atomic mass is 32.2. The first-order valence-electron chi connectivity index (χ1n) is 8.24. The van der Waals surface area contributed by atoms with Crippen molar-refractivity contribution >= 4 is 29.3 Å². The molecule has 0 aliphatic heterocycles. The Hall–Kier alpha value is -2.27. The standard InChI is InChI=1S/C20H23NO3S/c1-5-25-17-12-7-6-11-16(17)20(23)24-15(4)19(22)21-18-13(2)9-8-10-14(18)3/h6-12,15H,5H2,1-4H3,(H,21,22)/t15-/m0/s1. The van der Waals surface area contributed by atoms with E-state index in [0.717, 1.165) is 27.5 Å². The van der Waals surface area contributed by atoms with Gasteiger partial charge in [-0.05, 0) is 49.8 Å². The zero-order chi connectivity index (χ0) is 18.4. The minimum absolute atomic E-state index is 0.341. The fourth-order valence-corrected chi connectivity index (χ4v) is 3.22. The van der Waals surface area contributed by atoms with Crippen LogP contribution in [0.15, 0.2) is 47.4 Å². The van der Waals surface area contributed by atoms with E-state index in [1.807, 2.05) is 51.1 Å². The summed E-state index contributed by atoms with van der Waals surface area (Å²) in [5.74, 6) is 0.0273. The molecule has 0 fully saturated rings. The van der Waals surface area contributed by atoms with Crippen LogP contribution in [0, 0.1) is 13.8 Å². The van der Waals surface area contributed by atoms with Crippen molar-refractivity contribution in [3.8, 4) is 0 Å². The van der Waals surface area contributed by atoms with Crippen molar-refractivity contribution in [3.05, 3.63) is 59.2 Å². The summed E-state index contributed by atoms with van der Waals surface area (Å²) in [7, 11) is 0. The molecule has 132 valence electrons. The van der Waals surface area contributed by atoms with Gasteiger partial charge in [0.1, 0.15) is 0 Å². The molecule has 1 amide bonds. The third kappa shape index (κ3) is 4.86. The third-order valence-corrected chi connectivity index (χ3v) is 4.74. The summed E-state index contributed by atoms with van der Waals surface area (Å²) in [6, 6.07) is 13.1. The van der Waals surface area contributed by atoms with Gasteiger partial charge in [0.05, 0.1) is 5.56 Å². The van der Waals surface area contributed by atoms with Crippen molar-refractivity contribution in [2.45, 2.75) is 38.7 Å². The maximum absolute atomic E-state index is 12.4. The van der Waals surface area contributed by atoms with Gasteiger partial charge in [0.15, 0.2) is 6.10 Å². The first-order chi connectivity index (χ1) is 11.9. The molecule has 2 rings (SSSR count). The second-order valence-electron chi connectivity index (χ2n) is 5.73. The molecule has 0 unspecified atom stereocenters. The van der Waals surface area contributed by atoms with E-state index < -0.39 is 12.1 Å². The first kappa shape index (κ1) is 19.1. The lowest BCUT2D eigenvalue weighted by atomic mass is 10.1. The number of thioether (sulfide) groups is 1. The highest BCUT2D eigenvalue weighted by molar-refractivity contribution is 7.99. The predicted octanol–water partition coefficient (Wildman–Crippen LogP) is 4.60. The lowest BCUT2D eigenvalue weighted by Gasteiger charge is -2.17. The van der Waals surface area contributed by atoms with Gasteiger partial charge in [-0.15, -0.1) is 11.8 Å². The van der Waals surface area contributed by atoms with Crippen LogP contribution in [0.1, 0.15) is 35.3 Å². The second-order valence-corrected chi connectivity index (χ2v) is 7.04. The third-order valence-electron chi connectivity index (χ3n) is 3.79. The number of aryl methyl sites for hydroxylation is 2. The summed E-state index contributed by atoms with van der Waals surface area (Å²) in [5.41, 5.74) is 3.19. The van der Waals surface area contributed by atoms with Crippen molar-refractivity contribution < 1.29 is 14.3 Å². The summed E-state index contributed by atoms with van der Waals surface area (Å²) in [6.45, 7) is 7.46. The molecule has 0 radical (unpaired) electrons. The van der Waals surface area contributed by atoms with Gasteiger partial charge in [0.25, 0.3) is 5.91 Å². The van der Waals surface area contributed by atoms with Crippen LogP contribution in [-0.2, 0) is 9.53 Å². The molecule has 1 atom stereocenters. The molecule has 5 heteroatoms. The largest absolute Gasteiger partial charge is 0.449 e. The summed E-state index contributed by atoms with van der Waals surface area (Å²) < 4.78 is 5.37. The van der Waals surface area contributed by atoms with E-state index in [-0.39, 0.29) is 5.91 Å². The molecule has 0 spiro atoms. The smallest absolute Gasteiger partial charge is 0.340 e. The Kier molecular flexibility index (Phi) is 6.65. The topological polar surface area (TPSA) is 55.4 Å². The molecule has 2 aromatic carbocycles. The molecule has 0 aromatic heterocycles. The van der Waals surface area contributed by atoms with E-state index in [0.29, 0.717) is 5.56 Å². The second kappa shape index (κ2) is 8.72. The first-order valence-corrected chi connectivity index (χ1v) is 9.22. The molecule has 1 N–H and O–H groups in total. The summed E-state index contributed by atoms with van der Waals surface area (Å²) >= 11 is 1.57. The number of amides is 1. The van der Waals surface area contributed by atoms with Gasteiger partial charge < -0.3 is 10.1 Å². The van der Waals surface area contributed by atoms with Crippen LogP contribution in [0.4, 0.5) is 5.69 Å². The Morgan fingerprint density at radius 1 is 1.08 bits per heavy atom. The summed E-state index contributed by atoms with van der Waals surface area (Å²) in [6.07, 6.45) is -0.883. The molecule has 4 nitrogen and oxygen atoms in total. The van der Waals surface area contributed by atoms with Gasteiger partial charge in [-0.25, -0.2) is 4.79 Å². The molecule has 0 aliphatic rings. The molecule has 2 aromatic rings. The number of nitrogens with one attached hydrogen (secondary N) is 1. The van der Waals surface area contributed by atoms with Crippen LogP contribution < -0.4 is 5.32 Å². The van der Waals surface area contributed by atoms with E-state index in [4.69, 9.17) is 4.74 Å². The van der Waals surface area contributed by atoms with Crippen molar-refractivity contribution in [3.63, 3.8) is 0 Å². The normalized spacial score (nSPS) is 11.7. The molecule has 0 heterocycles. The number of esters is 1. The minimum atomic E-state index is -0.883. The monoisotopic (exact) mass is 357 g/mol. The Balaban J connectivity index is 2.07. The maximum atomic E-state index is 12.4. The average molecular weight is 357 g/mol. The zero-order valence-corrected chi connectivity index (χ0v) is 15.8. The van der Waals surface area contributed by atoms with Crippen LogP contribution in [0.25, 0.3) is 0 Å². The Labute approximate surface area is 153 Å². The highest BCUT2D eigenvalue weighted by Crippen LogP contribution is 2.24. The number of hydrogen-bond donors (Lipinski definition) is 1. The Morgan fingerprint density at radius 2 is 1.72 bits per heavy atom. The SMILES string of the molecule is CCSc1ccccc1C(=O)O[C@@H](C)C(=O)Nc1c(C)cccc1C. The van der Waals surface area contributed by atoms with Crippen LogP contribution in [-0.4, -0.2) is 23.7 Å². The lowest BCUT2D eigenvalue weighted by Crippen LogP contribution is -2.30. The van der Waals surface area contributed by atoms with E-state index >= 15 is 0 Å². The van der Waals surface area contributed by atoms with Crippen LogP contribution >= 0.6 is 11.8 Å². The number of carbonyl (C=O) groups excluding carboxylic acids is 2. The molecule has 0 saturated carbocycles. The van der Waals surface area contributed by atoms with Gasteiger partial charge in [-0.3, -0.25) is 4.79 Å². The van der Waals surface area contributed by atoms with Crippen molar-refractivity contribution in [1.29, 1.82) is 0 Å². The van der Waals surface area contributed by atoms with E-state index in [9.17, 15) is 9.59 Å². The molecule has 25 heavy (non-hydrogen) atoms. The van der Waals surface area contributed by atoms with Crippen molar-refractivity contribution in [1.82, 2.24) is 0 Å². The number of carbonyl (C=O) groups is 2. The van der Waals surface area contributed by atoms with Crippen LogP contribution in [0.5, 0.6) is 0 Å². The zero-order valence-electron chi connectivity index (χ0n) is 15.0. The van der Waals surface area contributed by atoms with Crippen LogP contribution in [0.3, 0.4) is 0 Å². The van der Waals surface area contributed by atoms with Crippen molar-refractivity contribution in [2.75, 3.05) is 11.1 Å². The van der Waals surface area contributed by atoms with Gasteiger partial charge in [-0.2, -0.15) is 0 Å². The molecular weight excluding hydrogens is 334 g/mol. The Bertz CT molecular complexity index is 753. The van der Waals surface area contributed by atoms with E-state index in [2.05, 4.69) is 5.32 Å². The highest BCUT2D eigenvalue weighted by Gasteiger charge is 2.21. The quantitative estimate of drug-likeness (QED) is 0.606. The molecule has 0 aliphatic carbocycles. The van der Waals surface area contributed by atoms with Crippen molar-refractivity contribution in [2.24, 2.45) is 0 Å². The number of ether oxygens (including phenoxy) is 1. The van der Waals surface area contributed by atoms with E-state index in [1.54, 1.807) is 30.8 Å². The maximum Gasteiger partial charge on any atom is 0.340 e. The predicted molar refractivity (Wildman–Crippen MR) is 102 cm³/mol. The van der Waals surface area contributed by atoms with Crippen LogP contribution in [0.2, 0.25) is 0 Å². The van der Waals surface area contributed by atoms with Gasteiger partial charge in [0.2, 0.25) is 0 Å². The average Bonchev–Trinajstić information content (AvgIpc) is 2.58. The summed E-state index contributed by atoms with van der Waals surface area (Å²) in [4.78, 5) is 25.7. The number of benzene rings is 2. The fraction of sp³-hybridized carbons (Fsp3) is 0.300. The lowest BCUT2D eigenvalue weighted by molar-refractivity contribution is -0.123. The Morgan fingerprint density at radius 3 is 2.36 bits per heavy atom. The number of anilines is 1. The van der Waals surface area contributed by atoms with Gasteiger partial charge in [-0.1, -0.05) is 37.3 Å². The minimum Gasteiger partial charge on any atom is -0.449 e. The van der Waals surface area contributed by atoms with Gasteiger partial charge in [0, 0.05) is 10.6 Å². The molecule has 0 bridgehead atoms. The number of rotatable bonds is 6. The summed E-state index contributed by atoms with van der Waals surface area (Å²) in [5, 5.41) is 2.85.